The van der Waals surface area contributed by atoms with Crippen LogP contribution in [0.1, 0.15) is 19.4 Å². The summed E-state index contributed by atoms with van der Waals surface area (Å²) < 4.78 is 2.40. The van der Waals surface area contributed by atoms with Gasteiger partial charge in [-0.15, -0.1) is 0 Å². The van der Waals surface area contributed by atoms with E-state index in [1.54, 1.807) is 7.05 Å². The minimum Gasteiger partial charge on any atom is -0.356 e. The quantitative estimate of drug-likeness (QED) is 0.725. The molecule has 0 amide bonds. The minimum absolute atomic E-state index is 0.0636. The topological polar surface area (TPSA) is 71.0 Å². The van der Waals surface area contributed by atoms with E-state index < -0.39 is 5.56 Å². The third-order valence-electron chi connectivity index (χ3n) is 5.17. The molecule has 1 aromatic heterocycles. The van der Waals surface area contributed by atoms with Gasteiger partial charge in [0.15, 0.2) is 5.56 Å². The minimum atomic E-state index is -0.509. The fourth-order valence-electron chi connectivity index (χ4n) is 3.61. The van der Waals surface area contributed by atoms with Crippen molar-refractivity contribution in [2.24, 2.45) is 31.3 Å². The molecule has 0 radical (unpaired) electrons. The van der Waals surface area contributed by atoms with Gasteiger partial charge in [0.1, 0.15) is 11.9 Å². The third-order valence-corrected chi connectivity index (χ3v) is 5.17. The van der Waals surface area contributed by atoms with E-state index in [4.69, 9.17) is 0 Å². The normalized spacial score (nSPS) is 26.2. The van der Waals surface area contributed by atoms with Crippen molar-refractivity contribution in [2.75, 3.05) is 18.0 Å². The van der Waals surface area contributed by atoms with E-state index in [-0.39, 0.29) is 11.3 Å². The maximum atomic E-state index is 12.1. The number of nitrogens with zero attached hydrogens (tertiary/aromatic N) is 4. The third kappa shape index (κ3) is 1.43. The van der Waals surface area contributed by atoms with Gasteiger partial charge in [-0.2, -0.15) is 5.26 Å². The van der Waals surface area contributed by atoms with E-state index >= 15 is 0 Å². The lowest BCUT2D eigenvalue weighted by atomic mass is 10.1. The molecule has 3 rings (SSSR count). The zero-order valence-electron chi connectivity index (χ0n) is 12.2. The van der Waals surface area contributed by atoms with Gasteiger partial charge in [-0.1, -0.05) is 13.8 Å². The second-order valence-corrected chi connectivity index (χ2v) is 6.46. The van der Waals surface area contributed by atoms with Crippen molar-refractivity contribution >= 4 is 5.82 Å². The van der Waals surface area contributed by atoms with Crippen LogP contribution in [0, 0.1) is 28.6 Å². The first kappa shape index (κ1) is 13.0. The highest BCUT2D eigenvalue weighted by Gasteiger charge is 2.62. The predicted octanol–water partition coefficient (Wildman–Crippen LogP) is 0.0479. The fourth-order valence-corrected chi connectivity index (χ4v) is 3.61. The molecule has 6 nitrogen and oxygen atoms in total. The van der Waals surface area contributed by atoms with E-state index in [1.807, 2.05) is 11.0 Å². The Bertz CT molecular complexity index is 736. The molecule has 1 saturated heterocycles. The van der Waals surface area contributed by atoms with Crippen LogP contribution >= 0.6 is 0 Å². The molecule has 0 N–H and O–H groups in total. The largest absolute Gasteiger partial charge is 0.356 e. The molecule has 6 heteroatoms. The predicted molar refractivity (Wildman–Crippen MR) is 74.6 cm³/mol. The number of piperidine rings is 1. The number of aromatic nitrogens is 2. The molecule has 106 valence electrons. The zero-order chi connectivity index (χ0) is 14.8. The van der Waals surface area contributed by atoms with Crippen molar-refractivity contribution in [1.82, 2.24) is 9.13 Å². The van der Waals surface area contributed by atoms with Crippen molar-refractivity contribution in [3.63, 3.8) is 0 Å². The Morgan fingerprint density at radius 2 is 1.70 bits per heavy atom. The van der Waals surface area contributed by atoms with Crippen LogP contribution < -0.4 is 16.1 Å². The van der Waals surface area contributed by atoms with Gasteiger partial charge in [0.25, 0.3) is 5.56 Å². The van der Waals surface area contributed by atoms with E-state index in [9.17, 15) is 14.9 Å². The Kier molecular flexibility index (Phi) is 2.43. The summed E-state index contributed by atoms with van der Waals surface area (Å²) in [5.41, 5.74) is -0.481. The van der Waals surface area contributed by atoms with Crippen molar-refractivity contribution in [3.8, 4) is 6.07 Å². The number of fused-ring (bicyclic) bond motifs is 1. The fraction of sp³-hybridized carbons (Fsp3) is 0.643. The van der Waals surface area contributed by atoms with Crippen LogP contribution in [0.25, 0.3) is 0 Å². The molecule has 1 aliphatic heterocycles. The van der Waals surface area contributed by atoms with Crippen LogP contribution in [0.4, 0.5) is 5.82 Å². The summed E-state index contributed by atoms with van der Waals surface area (Å²) in [4.78, 5) is 26.1. The molecule has 1 aliphatic carbocycles. The number of anilines is 1. The van der Waals surface area contributed by atoms with E-state index in [2.05, 4.69) is 13.8 Å². The summed E-state index contributed by atoms with van der Waals surface area (Å²) in [5.74, 6) is 1.66. The van der Waals surface area contributed by atoms with Crippen LogP contribution in [0.5, 0.6) is 0 Å². The molecule has 0 spiro atoms. The van der Waals surface area contributed by atoms with Crippen LogP contribution in [0.15, 0.2) is 9.59 Å². The highest BCUT2D eigenvalue weighted by molar-refractivity contribution is 5.55. The summed E-state index contributed by atoms with van der Waals surface area (Å²) in [7, 11) is 3.02. The van der Waals surface area contributed by atoms with Crippen LogP contribution in [-0.4, -0.2) is 22.2 Å². The summed E-state index contributed by atoms with van der Waals surface area (Å²) >= 11 is 0. The van der Waals surface area contributed by atoms with Gasteiger partial charge in [-0.25, -0.2) is 4.79 Å². The lowest BCUT2D eigenvalue weighted by molar-refractivity contribution is 0.493. The van der Waals surface area contributed by atoms with Crippen molar-refractivity contribution < 1.29 is 0 Å². The van der Waals surface area contributed by atoms with Gasteiger partial charge < -0.3 is 4.90 Å². The molecule has 2 atom stereocenters. The Balaban J connectivity index is 2.11. The van der Waals surface area contributed by atoms with Crippen molar-refractivity contribution in [1.29, 1.82) is 5.26 Å². The van der Waals surface area contributed by atoms with Crippen LogP contribution in [0.3, 0.4) is 0 Å². The van der Waals surface area contributed by atoms with Crippen molar-refractivity contribution in [3.05, 3.63) is 26.4 Å². The molecule has 2 aliphatic rings. The zero-order valence-corrected chi connectivity index (χ0v) is 12.2. The highest BCUT2D eigenvalue weighted by Crippen LogP contribution is 2.62. The average molecular weight is 274 g/mol. The molecular weight excluding hydrogens is 256 g/mol. The molecule has 1 saturated carbocycles. The lowest BCUT2D eigenvalue weighted by Gasteiger charge is -2.26. The van der Waals surface area contributed by atoms with Crippen LogP contribution in [-0.2, 0) is 14.1 Å². The van der Waals surface area contributed by atoms with E-state index in [0.717, 1.165) is 17.7 Å². The summed E-state index contributed by atoms with van der Waals surface area (Å²) in [5, 5.41) is 9.27. The standard InChI is InChI=1S/C14H18N4O2/c1-14(2)9-6-18(7-10(9)14)11-8(5-15)12(19)17(4)13(20)16(11)3/h9-10H,6-7H2,1-4H3/t9-,10-/m0/s1. The molecule has 0 aromatic carbocycles. The highest BCUT2D eigenvalue weighted by atomic mass is 16.2. The van der Waals surface area contributed by atoms with Crippen LogP contribution in [0.2, 0.25) is 0 Å². The number of hydrogen-bond acceptors (Lipinski definition) is 4. The van der Waals surface area contributed by atoms with Gasteiger partial charge in [-0.3, -0.25) is 13.9 Å². The number of rotatable bonds is 1. The number of hydrogen-bond donors (Lipinski definition) is 0. The second-order valence-electron chi connectivity index (χ2n) is 6.46. The first-order valence-electron chi connectivity index (χ1n) is 6.75. The van der Waals surface area contributed by atoms with Gasteiger partial charge in [0.2, 0.25) is 0 Å². The Morgan fingerprint density at radius 3 is 2.20 bits per heavy atom. The molecule has 1 aromatic rings. The molecule has 2 heterocycles. The Labute approximate surface area is 116 Å². The van der Waals surface area contributed by atoms with Gasteiger partial charge in [-0.05, 0) is 17.3 Å². The lowest BCUT2D eigenvalue weighted by Crippen LogP contribution is -2.43. The smallest absolute Gasteiger partial charge is 0.332 e. The molecule has 20 heavy (non-hydrogen) atoms. The Morgan fingerprint density at radius 1 is 1.15 bits per heavy atom. The SMILES string of the molecule is Cn1c(N2C[C@H]3[C@H](C2)C3(C)C)c(C#N)c(=O)n(C)c1=O. The maximum Gasteiger partial charge on any atom is 0.332 e. The van der Waals surface area contributed by atoms with Gasteiger partial charge in [0.05, 0.1) is 0 Å². The van der Waals surface area contributed by atoms with E-state index in [0.29, 0.717) is 23.1 Å². The Hall–Kier alpha value is -2.03. The molecule has 0 bridgehead atoms. The molecular formula is C14H18N4O2. The first-order chi connectivity index (χ1) is 9.30. The monoisotopic (exact) mass is 274 g/mol. The molecule has 0 unspecified atom stereocenters. The summed E-state index contributed by atoms with van der Waals surface area (Å²) in [6.07, 6.45) is 0. The maximum absolute atomic E-state index is 12.1. The first-order valence-corrected chi connectivity index (χ1v) is 6.75. The molecule has 2 fully saturated rings. The van der Waals surface area contributed by atoms with Gasteiger partial charge in [0, 0.05) is 27.2 Å². The average Bonchev–Trinajstić information content (AvgIpc) is 2.81. The second kappa shape index (κ2) is 3.75. The van der Waals surface area contributed by atoms with E-state index in [1.165, 1.54) is 11.6 Å². The number of nitriles is 1. The van der Waals surface area contributed by atoms with Crippen molar-refractivity contribution in [2.45, 2.75) is 13.8 Å². The van der Waals surface area contributed by atoms with Gasteiger partial charge >= 0.3 is 5.69 Å². The summed E-state index contributed by atoms with van der Waals surface area (Å²) in [6, 6.07) is 1.97. The summed E-state index contributed by atoms with van der Waals surface area (Å²) in [6.45, 7) is 6.11.